The number of ether oxygens (including phenoxy) is 2. The second-order valence-corrected chi connectivity index (χ2v) is 5.53. The Kier molecular flexibility index (Phi) is 5.51. The standard InChI is InChI=1S/C15H27NO2/c1-3-8-16-15(14-6-4-5-9-18-14)13-7-10-17-11-12(13)2/h6,12-13,15-16H,3-5,7-11H2,1-2H3. The summed E-state index contributed by atoms with van der Waals surface area (Å²) >= 11 is 0. The van der Waals surface area contributed by atoms with Crippen LogP contribution in [-0.2, 0) is 9.47 Å². The summed E-state index contributed by atoms with van der Waals surface area (Å²) in [6.07, 6.45) is 6.92. The first kappa shape index (κ1) is 13.9. The maximum atomic E-state index is 5.90. The molecule has 0 aliphatic carbocycles. The Morgan fingerprint density at radius 2 is 2.33 bits per heavy atom. The lowest BCUT2D eigenvalue weighted by Gasteiger charge is -2.37. The Balaban J connectivity index is 2.05. The number of rotatable bonds is 5. The van der Waals surface area contributed by atoms with Gasteiger partial charge in [0.2, 0.25) is 0 Å². The Morgan fingerprint density at radius 3 is 3.00 bits per heavy atom. The van der Waals surface area contributed by atoms with Gasteiger partial charge < -0.3 is 14.8 Å². The van der Waals surface area contributed by atoms with Crippen LogP contribution in [0.25, 0.3) is 0 Å². The van der Waals surface area contributed by atoms with E-state index in [-0.39, 0.29) is 0 Å². The maximum Gasteiger partial charge on any atom is 0.109 e. The minimum Gasteiger partial charge on any atom is -0.497 e. The average Bonchev–Trinajstić information content (AvgIpc) is 2.42. The fourth-order valence-corrected chi connectivity index (χ4v) is 2.95. The van der Waals surface area contributed by atoms with Crippen LogP contribution in [0.4, 0.5) is 0 Å². The second kappa shape index (κ2) is 7.15. The lowest BCUT2D eigenvalue weighted by Crippen LogP contribution is -2.45. The van der Waals surface area contributed by atoms with E-state index in [2.05, 4.69) is 25.2 Å². The third-order valence-corrected chi connectivity index (χ3v) is 4.02. The fourth-order valence-electron chi connectivity index (χ4n) is 2.95. The molecule has 104 valence electrons. The highest BCUT2D eigenvalue weighted by Gasteiger charge is 2.32. The predicted octanol–water partition coefficient (Wildman–Crippen LogP) is 2.72. The minimum atomic E-state index is 0.393. The largest absolute Gasteiger partial charge is 0.497 e. The van der Waals surface area contributed by atoms with Crippen molar-refractivity contribution in [2.24, 2.45) is 11.8 Å². The average molecular weight is 253 g/mol. The molecule has 3 heteroatoms. The van der Waals surface area contributed by atoms with Crippen LogP contribution in [0.2, 0.25) is 0 Å². The molecule has 0 radical (unpaired) electrons. The summed E-state index contributed by atoms with van der Waals surface area (Å²) in [5.41, 5.74) is 0. The lowest BCUT2D eigenvalue weighted by molar-refractivity contribution is 0.00593. The Labute approximate surface area is 111 Å². The molecule has 3 atom stereocenters. The van der Waals surface area contributed by atoms with Crippen molar-refractivity contribution in [3.05, 3.63) is 11.8 Å². The van der Waals surface area contributed by atoms with Gasteiger partial charge in [0.1, 0.15) is 5.76 Å². The van der Waals surface area contributed by atoms with Crippen LogP contribution in [0.3, 0.4) is 0 Å². The zero-order chi connectivity index (χ0) is 12.8. The van der Waals surface area contributed by atoms with Crippen molar-refractivity contribution in [1.29, 1.82) is 0 Å². The van der Waals surface area contributed by atoms with E-state index in [0.717, 1.165) is 45.6 Å². The van der Waals surface area contributed by atoms with Crippen LogP contribution >= 0.6 is 0 Å². The molecule has 1 fully saturated rings. The van der Waals surface area contributed by atoms with Crippen molar-refractivity contribution in [3.8, 4) is 0 Å². The normalized spacial score (nSPS) is 30.4. The summed E-state index contributed by atoms with van der Waals surface area (Å²) in [7, 11) is 0. The van der Waals surface area contributed by atoms with Crippen molar-refractivity contribution >= 4 is 0 Å². The van der Waals surface area contributed by atoms with E-state index in [1.165, 1.54) is 12.2 Å². The topological polar surface area (TPSA) is 30.5 Å². The molecule has 1 saturated heterocycles. The van der Waals surface area contributed by atoms with Crippen LogP contribution in [0.15, 0.2) is 11.8 Å². The SMILES string of the molecule is CCCNC(C1=CCCCO1)C1CCOCC1C. The highest BCUT2D eigenvalue weighted by molar-refractivity contribution is 5.08. The van der Waals surface area contributed by atoms with Crippen LogP contribution < -0.4 is 5.32 Å². The van der Waals surface area contributed by atoms with Gasteiger partial charge in [-0.1, -0.05) is 13.8 Å². The summed E-state index contributed by atoms with van der Waals surface area (Å²) in [4.78, 5) is 0. The highest BCUT2D eigenvalue weighted by atomic mass is 16.5. The summed E-state index contributed by atoms with van der Waals surface area (Å²) in [5, 5.41) is 3.69. The van der Waals surface area contributed by atoms with Crippen molar-refractivity contribution in [2.75, 3.05) is 26.4 Å². The first-order chi connectivity index (χ1) is 8.83. The quantitative estimate of drug-likeness (QED) is 0.817. The van der Waals surface area contributed by atoms with E-state index in [1.54, 1.807) is 0 Å². The third kappa shape index (κ3) is 3.48. The molecule has 2 heterocycles. The second-order valence-electron chi connectivity index (χ2n) is 5.53. The molecule has 18 heavy (non-hydrogen) atoms. The molecule has 0 aromatic carbocycles. The fraction of sp³-hybridized carbons (Fsp3) is 0.867. The molecule has 0 aromatic rings. The van der Waals surface area contributed by atoms with Crippen molar-refractivity contribution < 1.29 is 9.47 Å². The summed E-state index contributed by atoms with van der Waals surface area (Å²) in [6, 6.07) is 0.393. The smallest absolute Gasteiger partial charge is 0.109 e. The Morgan fingerprint density at radius 1 is 1.44 bits per heavy atom. The third-order valence-electron chi connectivity index (χ3n) is 4.02. The van der Waals surface area contributed by atoms with E-state index >= 15 is 0 Å². The monoisotopic (exact) mass is 253 g/mol. The molecule has 0 amide bonds. The predicted molar refractivity (Wildman–Crippen MR) is 73.4 cm³/mol. The number of hydrogen-bond donors (Lipinski definition) is 1. The molecule has 0 bridgehead atoms. The summed E-state index contributed by atoms with van der Waals surface area (Å²) in [6.45, 7) is 8.25. The first-order valence-electron chi connectivity index (χ1n) is 7.47. The van der Waals surface area contributed by atoms with Crippen molar-refractivity contribution in [3.63, 3.8) is 0 Å². The van der Waals surface area contributed by atoms with Gasteiger partial charge in [-0.05, 0) is 50.1 Å². The van der Waals surface area contributed by atoms with E-state index in [4.69, 9.17) is 9.47 Å². The van der Waals surface area contributed by atoms with Gasteiger partial charge in [-0.15, -0.1) is 0 Å². The summed E-state index contributed by atoms with van der Waals surface area (Å²) < 4.78 is 11.5. The zero-order valence-electron chi connectivity index (χ0n) is 11.8. The van der Waals surface area contributed by atoms with Crippen LogP contribution in [-0.4, -0.2) is 32.4 Å². The molecule has 3 nitrogen and oxygen atoms in total. The van der Waals surface area contributed by atoms with Crippen LogP contribution in [0.5, 0.6) is 0 Å². The van der Waals surface area contributed by atoms with E-state index in [1.807, 2.05) is 0 Å². The number of allylic oxidation sites excluding steroid dienone is 1. The molecule has 2 aliphatic rings. The van der Waals surface area contributed by atoms with Crippen LogP contribution in [0, 0.1) is 11.8 Å². The Bertz CT molecular complexity index is 278. The molecular formula is C15H27NO2. The van der Waals surface area contributed by atoms with Crippen molar-refractivity contribution in [1.82, 2.24) is 5.32 Å². The molecule has 0 aromatic heterocycles. The van der Waals surface area contributed by atoms with Gasteiger partial charge >= 0.3 is 0 Å². The minimum absolute atomic E-state index is 0.393. The zero-order valence-corrected chi connectivity index (χ0v) is 11.8. The van der Waals surface area contributed by atoms with Crippen LogP contribution in [0.1, 0.15) is 39.5 Å². The van der Waals surface area contributed by atoms with Gasteiger partial charge in [-0.2, -0.15) is 0 Å². The summed E-state index contributed by atoms with van der Waals surface area (Å²) in [5.74, 6) is 2.45. The van der Waals surface area contributed by atoms with Gasteiger partial charge in [-0.25, -0.2) is 0 Å². The molecule has 2 aliphatic heterocycles. The molecule has 3 unspecified atom stereocenters. The van der Waals surface area contributed by atoms with Gasteiger partial charge in [0, 0.05) is 13.2 Å². The Hall–Kier alpha value is -0.540. The molecular weight excluding hydrogens is 226 g/mol. The lowest BCUT2D eigenvalue weighted by atomic mass is 9.82. The maximum absolute atomic E-state index is 5.90. The van der Waals surface area contributed by atoms with E-state index < -0.39 is 0 Å². The van der Waals surface area contributed by atoms with Gasteiger partial charge in [0.25, 0.3) is 0 Å². The molecule has 1 N–H and O–H groups in total. The van der Waals surface area contributed by atoms with E-state index in [9.17, 15) is 0 Å². The molecule has 0 saturated carbocycles. The number of hydrogen-bond acceptors (Lipinski definition) is 3. The van der Waals surface area contributed by atoms with Gasteiger partial charge in [0.15, 0.2) is 0 Å². The molecule has 0 spiro atoms. The van der Waals surface area contributed by atoms with Crippen molar-refractivity contribution in [2.45, 2.75) is 45.6 Å². The van der Waals surface area contributed by atoms with Gasteiger partial charge in [-0.3, -0.25) is 0 Å². The van der Waals surface area contributed by atoms with E-state index in [0.29, 0.717) is 17.9 Å². The van der Waals surface area contributed by atoms with Gasteiger partial charge in [0.05, 0.1) is 12.6 Å². The first-order valence-corrected chi connectivity index (χ1v) is 7.47. The number of nitrogens with one attached hydrogen (secondary N) is 1. The molecule has 2 rings (SSSR count). The highest BCUT2D eigenvalue weighted by Crippen LogP contribution is 2.30.